The molecule has 1 aliphatic heterocycles. The van der Waals surface area contributed by atoms with E-state index in [0.29, 0.717) is 0 Å². The predicted molar refractivity (Wildman–Crippen MR) is 92.5 cm³/mol. The molecule has 0 aliphatic carbocycles. The maximum Gasteiger partial charge on any atom is 0.234 e. The van der Waals surface area contributed by atoms with Crippen molar-refractivity contribution in [2.45, 2.75) is 19.4 Å². The summed E-state index contributed by atoms with van der Waals surface area (Å²) in [4.78, 5) is 21.9. The fourth-order valence-electron chi connectivity index (χ4n) is 2.81. The molecule has 1 saturated heterocycles. The molecule has 0 spiro atoms. The van der Waals surface area contributed by atoms with Crippen LogP contribution < -0.4 is 10.6 Å². The van der Waals surface area contributed by atoms with Crippen molar-refractivity contribution in [3.63, 3.8) is 0 Å². The summed E-state index contributed by atoms with van der Waals surface area (Å²) in [6, 6.07) is 4.01. The Morgan fingerprint density at radius 3 is 2.73 bits per heavy atom. The summed E-state index contributed by atoms with van der Waals surface area (Å²) in [6.07, 6.45) is 0.773. The molecule has 0 radical (unpaired) electrons. The van der Waals surface area contributed by atoms with Crippen LogP contribution in [0.1, 0.15) is 13.3 Å². The highest BCUT2D eigenvalue weighted by molar-refractivity contribution is 7.16. The minimum atomic E-state index is -0.217. The zero-order chi connectivity index (χ0) is 15.5. The average molecular weight is 336 g/mol. The van der Waals surface area contributed by atoms with Gasteiger partial charge in [0.05, 0.1) is 16.6 Å². The second-order valence-corrected chi connectivity index (χ2v) is 7.13. The fraction of sp³-hybridized carbons (Fsp3) is 0.467. The number of thiazole rings is 1. The van der Waals surface area contributed by atoms with E-state index in [2.05, 4.69) is 26.6 Å². The van der Waals surface area contributed by atoms with E-state index in [0.717, 1.165) is 43.4 Å². The molecule has 1 fully saturated rings. The number of carbonyl (C=O) groups excluding carboxylic acids is 1. The van der Waals surface area contributed by atoms with Crippen LogP contribution in [0.4, 0.5) is 5.13 Å². The van der Waals surface area contributed by atoms with Crippen LogP contribution in [0.15, 0.2) is 22.9 Å². The van der Waals surface area contributed by atoms with Crippen LogP contribution in [0.2, 0.25) is 0 Å². The van der Waals surface area contributed by atoms with Gasteiger partial charge in [0.1, 0.15) is 0 Å². The van der Waals surface area contributed by atoms with Gasteiger partial charge in [0.15, 0.2) is 5.13 Å². The van der Waals surface area contributed by atoms with Crippen LogP contribution >= 0.6 is 22.7 Å². The van der Waals surface area contributed by atoms with E-state index in [1.807, 2.05) is 13.0 Å². The SMILES string of the molecule is CC[C@@H](C(N)=O)N1CCN(c2nc(-c3cccs3)cs2)CC1. The van der Waals surface area contributed by atoms with Gasteiger partial charge in [-0.15, -0.1) is 22.7 Å². The van der Waals surface area contributed by atoms with E-state index >= 15 is 0 Å². The third-order valence-electron chi connectivity index (χ3n) is 4.01. The Labute approximate surface area is 138 Å². The van der Waals surface area contributed by atoms with Crippen molar-refractivity contribution < 1.29 is 4.79 Å². The topological polar surface area (TPSA) is 62.5 Å². The van der Waals surface area contributed by atoms with Crippen LogP contribution in [-0.4, -0.2) is 48.0 Å². The summed E-state index contributed by atoms with van der Waals surface area (Å²) in [5.41, 5.74) is 6.53. The number of thiophene rings is 1. The molecule has 7 heteroatoms. The Balaban J connectivity index is 1.63. The lowest BCUT2D eigenvalue weighted by Crippen LogP contribution is -2.54. The molecule has 5 nitrogen and oxygen atoms in total. The van der Waals surface area contributed by atoms with Crippen LogP contribution in [0, 0.1) is 0 Å². The number of nitrogens with zero attached hydrogens (tertiary/aromatic N) is 3. The molecule has 0 saturated carbocycles. The van der Waals surface area contributed by atoms with Gasteiger partial charge in [-0.1, -0.05) is 13.0 Å². The minimum Gasteiger partial charge on any atom is -0.368 e. The normalized spacial score (nSPS) is 17.6. The van der Waals surface area contributed by atoms with Crippen molar-refractivity contribution in [2.75, 3.05) is 31.1 Å². The largest absolute Gasteiger partial charge is 0.368 e. The molecule has 0 aromatic carbocycles. The Morgan fingerprint density at radius 2 is 2.14 bits per heavy atom. The molecular formula is C15H20N4OS2. The molecule has 3 rings (SSSR count). The lowest BCUT2D eigenvalue weighted by atomic mass is 10.1. The van der Waals surface area contributed by atoms with E-state index in [1.54, 1.807) is 22.7 Å². The van der Waals surface area contributed by atoms with Gasteiger partial charge in [0.2, 0.25) is 5.91 Å². The van der Waals surface area contributed by atoms with Crippen LogP contribution in [0.3, 0.4) is 0 Å². The predicted octanol–water partition coefficient (Wildman–Crippen LogP) is 2.26. The summed E-state index contributed by atoms with van der Waals surface area (Å²) < 4.78 is 0. The lowest BCUT2D eigenvalue weighted by Gasteiger charge is -2.37. The minimum absolute atomic E-state index is 0.139. The van der Waals surface area contributed by atoms with E-state index in [-0.39, 0.29) is 11.9 Å². The molecule has 2 aromatic heterocycles. The molecule has 1 atom stereocenters. The number of anilines is 1. The van der Waals surface area contributed by atoms with Gasteiger partial charge in [0.25, 0.3) is 0 Å². The Bertz CT molecular complexity index is 617. The second-order valence-electron chi connectivity index (χ2n) is 5.34. The Kier molecular flexibility index (Phi) is 4.75. The average Bonchev–Trinajstić information content (AvgIpc) is 3.19. The van der Waals surface area contributed by atoms with Crippen molar-refractivity contribution in [3.8, 4) is 10.6 Å². The number of piperazine rings is 1. The molecule has 1 aliphatic rings. The second kappa shape index (κ2) is 6.76. The first-order chi connectivity index (χ1) is 10.7. The van der Waals surface area contributed by atoms with Crippen LogP contribution in [0.5, 0.6) is 0 Å². The van der Waals surface area contributed by atoms with Gasteiger partial charge in [0, 0.05) is 31.6 Å². The van der Waals surface area contributed by atoms with Crippen LogP contribution in [-0.2, 0) is 4.79 Å². The summed E-state index contributed by atoms with van der Waals surface area (Å²) in [5.74, 6) is -0.217. The molecule has 22 heavy (non-hydrogen) atoms. The van der Waals surface area contributed by atoms with Gasteiger partial charge in [-0.25, -0.2) is 4.98 Å². The molecule has 1 amide bonds. The first-order valence-electron chi connectivity index (χ1n) is 7.46. The first kappa shape index (κ1) is 15.5. The fourth-order valence-corrected chi connectivity index (χ4v) is 4.45. The van der Waals surface area contributed by atoms with E-state index < -0.39 is 0 Å². The van der Waals surface area contributed by atoms with E-state index in [4.69, 9.17) is 10.7 Å². The molecule has 2 N–H and O–H groups in total. The maximum absolute atomic E-state index is 11.5. The molecule has 3 heterocycles. The zero-order valence-electron chi connectivity index (χ0n) is 12.6. The van der Waals surface area contributed by atoms with Crippen molar-refractivity contribution in [1.29, 1.82) is 0 Å². The molecule has 2 aromatic rings. The summed E-state index contributed by atoms with van der Waals surface area (Å²) in [7, 11) is 0. The maximum atomic E-state index is 11.5. The molecule has 118 valence electrons. The highest BCUT2D eigenvalue weighted by Gasteiger charge is 2.27. The molecule has 0 bridgehead atoms. The van der Waals surface area contributed by atoms with E-state index in [9.17, 15) is 4.79 Å². The quantitative estimate of drug-likeness (QED) is 0.910. The van der Waals surface area contributed by atoms with Crippen LogP contribution in [0.25, 0.3) is 10.6 Å². The summed E-state index contributed by atoms with van der Waals surface area (Å²) in [6.45, 7) is 5.50. The smallest absolute Gasteiger partial charge is 0.234 e. The third-order valence-corrected chi connectivity index (χ3v) is 5.80. The summed E-state index contributed by atoms with van der Waals surface area (Å²) >= 11 is 3.40. The van der Waals surface area contributed by atoms with Crippen molar-refractivity contribution in [1.82, 2.24) is 9.88 Å². The molecular weight excluding hydrogens is 316 g/mol. The zero-order valence-corrected chi connectivity index (χ0v) is 14.2. The van der Waals surface area contributed by atoms with Gasteiger partial charge in [-0.2, -0.15) is 0 Å². The van der Waals surface area contributed by atoms with Gasteiger partial charge in [-0.05, 0) is 17.9 Å². The highest BCUT2D eigenvalue weighted by Crippen LogP contribution is 2.30. The monoisotopic (exact) mass is 336 g/mol. The number of amides is 1. The number of carbonyl (C=O) groups is 1. The molecule has 0 unspecified atom stereocenters. The summed E-state index contributed by atoms with van der Waals surface area (Å²) in [5, 5.41) is 5.25. The third kappa shape index (κ3) is 3.16. The van der Waals surface area contributed by atoms with E-state index in [1.165, 1.54) is 4.88 Å². The van der Waals surface area contributed by atoms with Crippen molar-refractivity contribution in [3.05, 3.63) is 22.9 Å². The number of rotatable bonds is 5. The number of hydrogen-bond donors (Lipinski definition) is 1. The number of aromatic nitrogens is 1. The van der Waals surface area contributed by atoms with Gasteiger partial charge >= 0.3 is 0 Å². The highest BCUT2D eigenvalue weighted by atomic mass is 32.1. The first-order valence-corrected chi connectivity index (χ1v) is 9.22. The van der Waals surface area contributed by atoms with Gasteiger partial charge in [-0.3, -0.25) is 9.69 Å². The Morgan fingerprint density at radius 1 is 1.36 bits per heavy atom. The Hall–Kier alpha value is -1.44. The van der Waals surface area contributed by atoms with Gasteiger partial charge < -0.3 is 10.6 Å². The standard InChI is InChI=1S/C15H20N4OS2/c1-2-12(14(16)20)18-5-7-19(8-6-18)15-17-11(10-22-15)13-4-3-9-21-13/h3-4,9-10,12H,2,5-8H2,1H3,(H2,16,20)/t12-/m0/s1. The number of hydrogen-bond acceptors (Lipinski definition) is 6. The lowest BCUT2D eigenvalue weighted by molar-refractivity contribution is -0.123. The van der Waals surface area contributed by atoms with Crippen molar-refractivity contribution in [2.24, 2.45) is 5.73 Å². The number of nitrogens with two attached hydrogens (primary N) is 1. The van der Waals surface area contributed by atoms with Crippen molar-refractivity contribution >= 4 is 33.7 Å². The number of primary amides is 1.